The lowest BCUT2D eigenvalue weighted by atomic mass is 9.95. The monoisotopic (exact) mass is 656 g/mol. The Labute approximate surface area is 284 Å². The largest absolute Gasteiger partial charge is 0.463 e. The number of aliphatic hydroxyl groups is 1. The van der Waals surface area contributed by atoms with Gasteiger partial charge in [0, 0.05) is 31.0 Å². The van der Waals surface area contributed by atoms with E-state index in [1.165, 1.54) is 0 Å². The van der Waals surface area contributed by atoms with Gasteiger partial charge in [-0.1, -0.05) is 103 Å². The molecule has 0 aliphatic carbocycles. The third-order valence-corrected chi connectivity index (χ3v) is 8.94. The van der Waals surface area contributed by atoms with E-state index in [2.05, 4.69) is 18.5 Å². The van der Waals surface area contributed by atoms with Crippen molar-refractivity contribution in [3.8, 4) is 0 Å². The first-order valence-electron chi connectivity index (χ1n) is 16.2. The Morgan fingerprint density at radius 2 is 1.47 bits per heavy atom. The minimum Gasteiger partial charge on any atom is -0.463 e. The van der Waals surface area contributed by atoms with E-state index in [9.17, 15) is 19.5 Å². The van der Waals surface area contributed by atoms with Crippen LogP contribution in [0.4, 0.5) is 0 Å². The molecule has 3 atom stereocenters. The van der Waals surface area contributed by atoms with Crippen molar-refractivity contribution < 1.29 is 24.2 Å². The number of hydrogen-bond donors (Lipinski definition) is 2. The molecule has 3 aromatic carbocycles. The van der Waals surface area contributed by atoms with E-state index in [0.717, 1.165) is 22.4 Å². The molecule has 0 fully saturated rings. The fourth-order valence-corrected chi connectivity index (χ4v) is 6.22. The summed E-state index contributed by atoms with van der Waals surface area (Å²) in [5.74, 6) is -0.566. The number of allylic oxidation sites excluding steroid dienone is 2. The van der Waals surface area contributed by atoms with Crippen LogP contribution in [0.15, 0.2) is 116 Å². The second kappa shape index (κ2) is 21.6. The molecule has 2 amide bonds. The van der Waals surface area contributed by atoms with E-state index in [4.69, 9.17) is 4.74 Å². The topological polar surface area (TPSA) is 95.9 Å². The number of ether oxygens (including phenoxy) is 1. The zero-order valence-electron chi connectivity index (χ0n) is 27.2. The molecule has 2 N–H and O–H groups in total. The molecule has 0 saturated carbocycles. The third-order valence-electron chi connectivity index (χ3n) is 7.76. The molecule has 0 radical (unpaired) electrons. The van der Waals surface area contributed by atoms with Gasteiger partial charge in [-0.2, -0.15) is 11.8 Å². The van der Waals surface area contributed by atoms with E-state index in [1.54, 1.807) is 28.8 Å². The lowest BCUT2D eigenvalue weighted by Crippen LogP contribution is -2.45. The van der Waals surface area contributed by atoms with Gasteiger partial charge in [-0.25, -0.2) is 0 Å². The van der Waals surface area contributed by atoms with Crippen LogP contribution in [0.3, 0.4) is 0 Å². The number of nitrogens with one attached hydrogen (secondary N) is 1. The molecule has 7 nitrogen and oxygen atoms in total. The van der Waals surface area contributed by atoms with Crippen LogP contribution in [0.1, 0.15) is 42.4 Å². The van der Waals surface area contributed by atoms with Gasteiger partial charge in [-0.15, -0.1) is 13.2 Å². The molecule has 0 aliphatic rings. The van der Waals surface area contributed by atoms with Crippen LogP contribution in [0, 0.1) is 11.8 Å². The average Bonchev–Trinajstić information content (AvgIpc) is 3.09. The highest BCUT2D eigenvalue weighted by Gasteiger charge is 2.27. The zero-order chi connectivity index (χ0) is 33.7. The maximum atomic E-state index is 13.7. The van der Waals surface area contributed by atoms with Crippen LogP contribution in [0.2, 0.25) is 0 Å². The molecule has 250 valence electrons. The lowest BCUT2D eigenvalue weighted by Gasteiger charge is -2.26. The Morgan fingerprint density at radius 1 is 0.851 bits per heavy atom. The summed E-state index contributed by atoms with van der Waals surface area (Å²) in [4.78, 5) is 42.0. The number of thioether (sulfide) groups is 1. The van der Waals surface area contributed by atoms with Crippen molar-refractivity contribution in [1.82, 2.24) is 10.2 Å². The predicted octanol–water partition coefficient (Wildman–Crippen LogP) is 6.38. The maximum Gasteiger partial charge on any atom is 0.309 e. The smallest absolute Gasteiger partial charge is 0.309 e. The van der Waals surface area contributed by atoms with Gasteiger partial charge in [0.25, 0.3) is 0 Å². The van der Waals surface area contributed by atoms with E-state index < -0.39 is 12.0 Å². The minimum atomic E-state index is -0.660. The summed E-state index contributed by atoms with van der Waals surface area (Å²) in [6, 6.07) is 29.0. The van der Waals surface area contributed by atoms with Gasteiger partial charge in [0.1, 0.15) is 6.61 Å². The highest BCUT2D eigenvalue weighted by Crippen LogP contribution is 2.19. The highest BCUT2D eigenvalue weighted by atomic mass is 32.2. The number of aliphatic hydroxyl groups excluding tert-OH is 1. The normalized spacial score (nSPS) is 12.7. The van der Waals surface area contributed by atoms with Gasteiger partial charge in [-0.3, -0.25) is 14.4 Å². The van der Waals surface area contributed by atoms with Crippen molar-refractivity contribution >= 4 is 29.5 Å². The second-order valence-electron chi connectivity index (χ2n) is 11.5. The zero-order valence-corrected chi connectivity index (χ0v) is 28.0. The van der Waals surface area contributed by atoms with Gasteiger partial charge in [0.2, 0.25) is 11.8 Å². The number of amides is 2. The second-order valence-corrected chi connectivity index (χ2v) is 12.6. The number of benzene rings is 3. The first-order valence-corrected chi connectivity index (χ1v) is 17.4. The van der Waals surface area contributed by atoms with Crippen molar-refractivity contribution in [3.63, 3.8) is 0 Å². The molecule has 0 bridgehead atoms. The van der Waals surface area contributed by atoms with Gasteiger partial charge < -0.3 is 20.1 Å². The summed E-state index contributed by atoms with van der Waals surface area (Å²) in [6.07, 6.45) is 5.58. The third kappa shape index (κ3) is 14.0. The Kier molecular flexibility index (Phi) is 17.2. The molecular formula is C39H48N2O5S. The Morgan fingerprint density at radius 3 is 2.06 bits per heavy atom. The number of nitrogens with zero attached hydrogens (tertiary/aromatic N) is 1. The molecule has 3 aromatic rings. The SMILES string of the molecule is C=CCCC(Cc1ccccc1)C(=O)OCC(CSCc1ccccc1)NC(=O)C(CC=C)CC(=O)N(CCO)Cc1ccccc1. The van der Waals surface area contributed by atoms with Crippen LogP contribution in [0.5, 0.6) is 0 Å². The summed E-state index contributed by atoms with van der Waals surface area (Å²) < 4.78 is 5.87. The molecule has 47 heavy (non-hydrogen) atoms. The van der Waals surface area contributed by atoms with Crippen molar-refractivity contribution in [2.24, 2.45) is 11.8 Å². The summed E-state index contributed by atoms with van der Waals surface area (Å²) in [6.45, 7) is 7.97. The number of carbonyl (C=O) groups excluding carboxylic acids is 3. The lowest BCUT2D eigenvalue weighted by molar-refractivity contribution is -0.150. The first-order chi connectivity index (χ1) is 22.9. The van der Waals surface area contributed by atoms with Crippen molar-refractivity contribution in [2.75, 3.05) is 25.5 Å². The molecule has 0 aromatic heterocycles. The number of esters is 1. The fourth-order valence-electron chi connectivity index (χ4n) is 5.21. The van der Waals surface area contributed by atoms with E-state index >= 15 is 0 Å². The van der Waals surface area contributed by atoms with E-state index in [-0.39, 0.29) is 49.9 Å². The fraction of sp³-hybridized carbons (Fsp3) is 0.359. The Hall–Kier alpha value is -4.14. The van der Waals surface area contributed by atoms with Gasteiger partial charge >= 0.3 is 5.97 Å². The summed E-state index contributed by atoms with van der Waals surface area (Å²) in [5.41, 5.74) is 3.15. The van der Waals surface area contributed by atoms with Crippen LogP contribution in [-0.4, -0.2) is 59.3 Å². The van der Waals surface area contributed by atoms with Crippen LogP contribution < -0.4 is 5.32 Å². The van der Waals surface area contributed by atoms with Gasteiger partial charge in [0.15, 0.2) is 0 Å². The Bertz CT molecular complexity index is 1370. The maximum absolute atomic E-state index is 13.7. The molecule has 0 aliphatic heterocycles. The number of rotatable bonds is 22. The standard InChI is InChI=1S/C39H48N2O5S/c1-3-5-22-35(25-31-16-9-6-10-17-31)39(45)46-28-36(30-47-29-33-20-13-8-14-21-33)40-38(44)34(15-4-2)26-37(43)41(23-24-42)27-32-18-11-7-12-19-32/h3-4,6-14,16-21,34-36,42H,1-2,5,15,22-30H2,(H,40,44). The number of carbonyl (C=O) groups is 3. The van der Waals surface area contributed by atoms with Crippen LogP contribution in [0.25, 0.3) is 0 Å². The summed E-state index contributed by atoms with van der Waals surface area (Å²) >= 11 is 1.64. The molecule has 3 rings (SSSR count). The summed E-state index contributed by atoms with van der Waals surface area (Å²) in [7, 11) is 0. The molecular weight excluding hydrogens is 609 g/mol. The van der Waals surface area contributed by atoms with Crippen LogP contribution in [-0.2, 0) is 37.8 Å². The highest BCUT2D eigenvalue weighted by molar-refractivity contribution is 7.98. The van der Waals surface area contributed by atoms with E-state index in [1.807, 2.05) is 91.0 Å². The van der Waals surface area contributed by atoms with Crippen molar-refractivity contribution in [1.29, 1.82) is 0 Å². The van der Waals surface area contributed by atoms with Gasteiger partial charge in [0.05, 0.1) is 24.5 Å². The Balaban J connectivity index is 1.69. The quantitative estimate of drug-likeness (QED) is 0.0964. The molecule has 0 heterocycles. The van der Waals surface area contributed by atoms with Crippen molar-refractivity contribution in [3.05, 3.63) is 133 Å². The molecule has 8 heteroatoms. The molecule has 0 saturated heterocycles. The number of hydrogen-bond acceptors (Lipinski definition) is 6. The summed E-state index contributed by atoms with van der Waals surface area (Å²) in [5, 5.41) is 12.7. The molecule has 3 unspecified atom stereocenters. The van der Waals surface area contributed by atoms with Gasteiger partial charge in [-0.05, 0) is 42.4 Å². The predicted molar refractivity (Wildman–Crippen MR) is 190 cm³/mol. The minimum absolute atomic E-state index is 0.0190. The van der Waals surface area contributed by atoms with Crippen LogP contribution >= 0.6 is 11.8 Å². The van der Waals surface area contributed by atoms with E-state index in [0.29, 0.717) is 38.0 Å². The van der Waals surface area contributed by atoms with Crippen molar-refractivity contribution in [2.45, 2.75) is 50.4 Å². The first kappa shape index (κ1) is 37.3. The average molecular weight is 657 g/mol. The molecule has 0 spiro atoms.